The fourth-order valence-corrected chi connectivity index (χ4v) is 1.10. The van der Waals surface area contributed by atoms with Gasteiger partial charge < -0.3 is 0 Å². The van der Waals surface area contributed by atoms with Crippen LogP contribution in [-0.2, 0) is 0 Å². The lowest BCUT2D eigenvalue weighted by atomic mass is 10.4. The van der Waals surface area contributed by atoms with Gasteiger partial charge in [-0.25, -0.2) is 14.5 Å². The molecular formula is C7H9N5O. The van der Waals surface area contributed by atoms with Crippen LogP contribution in [0.2, 0.25) is 0 Å². The molecule has 0 aliphatic carbocycles. The fourth-order valence-electron chi connectivity index (χ4n) is 1.10. The van der Waals surface area contributed by atoms with Crippen molar-refractivity contribution < 1.29 is 0 Å². The van der Waals surface area contributed by atoms with E-state index in [-0.39, 0.29) is 11.7 Å². The third-order valence-electron chi connectivity index (χ3n) is 1.72. The van der Waals surface area contributed by atoms with E-state index in [2.05, 4.69) is 15.2 Å². The molecule has 2 aromatic heterocycles. The quantitative estimate of drug-likeness (QED) is 0.611. The molecule has 0 bridgehead atoms. The van der Waals surface area contributed by atoms with Crippen LogP contribution in [0.15, 0.2) is 17.3 Å². The van der Waals surface area contributed by atoms with E-state index in [9.17, 15) is 4.79 Å². The third kappa shape index (κ3) is 1.10. The Kier molecular flexibility index (Phi) is 1.61. The number of hydrogen-bond donors (Lipinski definition) is 0. The second kappa shape index (κ2) is 2.65. The molecule has 0 fully saturated rings. The summed E-state index contributed by atoms with van der Waals surface area (Å²) >= 11 is 0. The van der Waals surface area contributed by atoms with Gasteiger partial charge in [-0.15, -0.1) is 5.10 Å². The van der Waals surface area contributed by atoms with Gasteiger partial charge in [0.1, 0.15) is 6.33 Å². The second-order valence-corrected chi connectivity index (χ2v) is 3.00. The Balaban J connectivity index is 2.82. The Morgan fingerprint density at radius 3 is 2.85 bits per heavy atom. The lowest BCUT2D eigenvalue weighted by Crippen LogP contribution is -2.23. The summed E-state index contributed by atoms with van der Waals surface area (Å²) in [4.78, 5) is 15.3. The maximum atomic E-state index is 11.5. The molecule has 0 aliphatic rings. The zero-order chi connectivity index (χ0) is 9.42. The van der Waals surface area contributed by atoms with Crippen molar-refractivity contribution >= 4 is 5.65 Å². The van der Waals surface area contributed by atoms with Crippen LogP contribution in [0.5, 0.6) is 0 Å². The van der Waals surface area contributed by atoms with Gasteiger partial charge in [0.2, 0.25) is 0 Å². The molecule has 0 aromatic carbocycles. The molecular weight excluding hydrogens is 170 g/mol. The molecule has 13 heavy (non-hydrogen) atoms. The lowest BCUT2D eigenvalue weighted by molar-refractivity contribution is 0.511. The maximum absolute atomic E-state index is 11.5. The molecule has 0 N–H and O–H groups in total. The van der Waals surface area contributed by atoms with Crippen molar-refractivity contribution in [3.05, 3.63) is 23.0 Å². The molecule has 0 aliphatic heterocycles. The van der Waals surface area contributed by atoms with Crippen molar-refractivity contribution in [1.82, 2.24) is 24.4 Å². The highest BCUT2D eigenvalue weighted by Gasteiger charge is 2.08. The van der Waals surface area contributed by atoms with Crippen LogP contribution in [0.25, 0.3) is 5.65 Å². The van der Waals surface area contributed by atoms with Crippen molar-refractivity contribution in [2.75, 3.05) is 0 Å². The van der Waals surface area contributed by atoms with E-state index < -0.39 is 0 Å². The van der Waals surface area contributed by atoms with Gasteiger partial charge in [0.25, 0.3) is 0 Å². The monoisotopic (exact) mass is 179 g/mol. The van der Waals surface area contributed by atoms with Gasteiger partial charge >= 0.3 is 5.69 Å². The van der Waals surface area contributed by atoms with Crippen LogP contribution in [0, 0.1) is 0 Å². The highest BCUT2D eigenvalue weighted by molar-refractivity contribution is 5.29. The number of hydrogen-bond acceptors (Lipinski definition) is 4. The Morgan fingerprint density at radius 2 is 2.23 bits per heavy atom. The number of aromatic nitrogens is 5. The predicted octanol–water partition coefficient (Wildman–Crippen LogP) is -0.133. The minimum atomic E-state index is -0.229. The topological polar surface area (TPSA) is 65.1 Å². The second-order valence-electron chi connectivity index (χ2n) is 3.00. The van der Waals surface area contributed by atoms with Crippen LogP contribution in [0.1, 0.15) is 19.9 Å². The maximum Gasteiger partial charge on any atom is 0.367 e. The van der Waals surface area contributed by atoms with Gasteiger partial charge in [-0.3, -0.25) is 0 Å². The summed E-state index contributed by atoms with van der Waals surface area (Å²) in [6, 6.07) is 0.0363. The Hall–Kier alpha value is -1.72. The van der Waals surface area contributed by atoms with E-state index >= 15 is 0 Å². The first-order valence-corrected chi connectivity index (χ1v) is 3.97. The summed E-state index contributed by atoms with van der Waals surface area (Å²) in [6.45, 7) is 3.78. The van der Waals surface area contributed by atoms with Crippen LogP contribution in [-0.4, -0.2) is 24.4 Å². The average molecular weight is 179 g/mol. The molecule has 2 rings (SSSR count). The van der Waals surface area contributed by atoms with Crippen LogP contribution in [0.4, 0.5) is 0 Å². The molecule has 68 valence electrons. The molecule has 0 saturated carbocycles. The Morgan fingerprint density at radius 1 is 1.46 bits per heavy atom. The van der Waals surface area contributed by atoms with Gasteiger partial charge in [0, 0.05) is 0 Å². The Labute approximate surface area is 73.8 Å². The predicted molar refractivity (Wildman–Crippen MR) is 45.4 cm³/mol. The first-order valence-electron chi connectivity index (χ1n) is 3.97. The highest BCUT2D eigenvalue weighted by Crippen LogP contribution is 1.98. The summed E-state index contributed by atoms with van der Waals surface area (Å²) in [7, 11) is 0. The largest absolute Gasteiger partial charge is 0.367 e. The lowest BCUT2D eigenvalue weighted by Gasteiger charge is -1.99. The molecule has 0 amide bonds. The zero-order valence-corrected chi connectivity index (χ0v) is 7.38. The number of nitrogens with zero attached hydrogens (tertiary/aromatic N) is 5. The van der Waals surface area contributed by atoms with E-state index in [0.717, 1.165) is 0 Å². The van der Waals surface area contributed by atoms with E-state index in [1.54, 1.807) is 0 Å². The van der Waals surface area contributed by atoms with E-state index in [1.165, 1.54) is 21.7 Å². The Bertz CT molecular complexity index is 483. The first-order chi connectivity index (χ1) is 6.20. The normalized spacial score (nSPS) is 11.3. The van der Waals surface area contributed by atoms with Crippen molar-refractivity contribution in [3.8, 4) is 0 Å². The third-order valence-corrected chi connectivity index (χ3v) is 1.72. The molecule has 0 unspecified atom stereocenters. The summed E-state index contributed by atoms with van der Waals surface area (Å²) in [5.74, 6) is 0. The zero-order valence-electron chi connectivity index (χ0n) is 7.38. The van der Waals surface area contributed by atoms with Crippen molar-refractivity contribution in [3.63, 3.8) is 0 Å². The van der Waals surface area contributed by atoms with E-state index in [1.807, 2.05) is 13.8 Å². The van der Waals surface area contributed by atoms with Crippen LogP contribution >= 0.6 is 0 Å². The van der Waals surface area contributed by atoms with Gasteiger partial charge in [-0.2, -0.15) is 9.61 Å². The molecule has 2 aromatic rings. The van der Waals surface area contributed by atoms with Crippen LogP contribution < -0.4 is 5.69 Å². The van der Waals surface area contributed by atoms with Crippen molar-refractivity contribution in [2.45, 2.75) is 19.9 Å². The van der Waals surface area contributed by atoms with Gasteiger partial charge in [-0.1, -0.05) is 0 Å². The smallest absolute Gasteiger partial charge is 0.244 e. The summed E-state index contributed by atoms with van der Waals surface area (Å²) in [6.07, 6.45) is 2.83. The van der Waals surface area contributed by atoms with Gasteiger partial charge in [0.15, 0.2) is 5.65 Å². The van der Waals surface area contributed by atoms with Gasteiger partial charge in [-0.05, 0) is 13.8 Å². The molecule has 6 nitrogen and oxygen atoms in total. The fraction of sp³-hybridized carbons (Fsp3) is 0.429. The molecule has 0 saturated heterocycles. The molecule has 2 heterocycles. The van der Waals surface area contributed by atoms with E-state index in [4.69, 9.17) is 0 Å². The van der Waals surface area contributed by atoms with Crippen LogP contribution in [0.3, 0.4) is 0 Å². The minimum absolute atomic E-state index is 0.0363. The summed E-state index contributed by atoms with van der Waals surface area (Å²) in [5, 5.41) is 7.85. The minimum Gasteiger partial charge on any atom is -0.244 e. The highest BCUT2D eigenvalue weighted by atomic mass is 16.2. The SMILES string of the molecule is CC(C)n1nc2cncnn2c1=O. The summed E-state index contributed by atoms with van der Waals surface area (Å²) < 4.78 is 2.61. The summed E-state index contributed by atoms with van der Waals surface area (Å²) in [5.41, 5.74) is 0.244. The first kappa shape index (κ1) is 7.90. The van der Waals surface area contributed by atoms with Crippen molar-refractivity contribution in [1.29, 1.82) is 0 Å². The molecule has 0 radical (unpaired) electrons. The number of fused-ring (bicyclic) bond motifs is 1. The van der Waals surface area contributed by atoms with Gasteiger partial charge in [0.05, 0.1) is 12.2 Å². The number of rotatable bonds is 1. The average Bonchev–Trinajstić information content (AvgIpc) is 2.45. The standard InChI is InChI=1S/C7H9N5O/c1-5(2)11-7(13)12-6(10-11)3-8-4-9-12/h3-5H,1-2H3. The van der Waals surface area contributed by atoms with Crippen molar-refractivity contribution in [2.24, 2.45) is 0 Å². The molecule has 0 spiro atoms. The van der Waals surface area contributed by atoms with E-state index in [0.29, 0.717) is 5.65 Å². The molecule has 0 atom stereocenters. The molecule has 6 heteroatoms.